The lowest BCUT2D eigenvalue weighted by atomic mass is 10.1. The van der Waals surface area contributed by atoms with Crippen molar-refractivity contribution in [2.24, 2.45) is 0 Å². The number of ether oxygens (including phenoxy) is 1. The second-order valence-corrected chi connectivity index (χ2v) is 10.1. The molecule has 9 nitrogen and oxygen atoms in total. The first kappa shape index (κ1) is 23.9. The molecule has 0 unspecified atom stereocenters. The van der Waals surface area contributed by atoms with E-state index in [1.165, 1.54) is 28.1 Å². The number of amides is 1. The summed E-state index contributed by atoms with van der Waals surface area (Å²) in [7, 11) is -3.76. The van der Waals surface area contributed by atoms with Crippen molar-refractivity contribution in [2.75, 3.05) is 31.6 Å². The van der Waals surface area contributed by atoms with Crippen molar-refractivity contribution >= 4 is 21.6 Å². The van der Waals surface area contributed by atoms with Crippen LogP contribution in [-0.2, 0) is 26.0 Å². The van der Waals surface area contributed by atoms with Gasteiger partial charge in [0.05, 0.1) is 30.0 Å². The van der Waals surface area contributed by atoms with Crippen LogP contribution in [0.3, 0.4) is 0 Å². The lowest BCUT2D eigenvalue weighted by Gasteiger charge is -2.26. The molecule has 3 aromatic rings. The summed E-state index contributed by atoms with van der Waals surface area (Å²) in [5.41, 5.74) is 3.27. The first-order chi connectivity index (χ1) is 16.2. The van der Waals surface area contributed by atoms with Crippen LogP contribution in [0, 0.1) is 13.8 Å². The van der Waals surface area contributed by atoms with E-state index in [9.17, 15) is 18.3 Å². The smallest absolute Gasteiger partial charge is 0.243 e. The Bertz CT molecular complexity index is 1300. The summed E-state index contributed by atoms with van der Waals surface area (Å²) < 4.78 is 38.0. The van der Waals surface area contributed by atoms with Gasteiger partial charge in [0, 0.05) is 31.5 Å². The quantitative estimate of drug-likeness (QED) is 0.493. The summed E-state index contributed by atoms with van der Waals surface area (Å²) in [6, 6.07) is 9.83. The van der Waals surface area contributed by atoms with E-state index in [0.29, 0.717) is 24.9 Å². The maximum absolute atomic E-state index is 12.9. The van der Waals surface area contributed by atoms with Crippen LogP contribution in [0.25, 0.3) is 11.3 Å². The highest BCUT2D eigenvalue weighted by molar-refractivity contribution is 7.89. The summed E-state index contributed by atoms with van der Waals surface area (Å²) in [6.45, 7) is 5.22. The number of rotatable bonds is 7. The van der Waals surface area contributed by atoms with Crippen LogP contribution in [0.5, 0.6) is 5.75 Å². The van der Waals surface area contributed by atoms with Gasteiger partial charge in [-0.25, -0.2) is 13.4 Å². The number of nitrogens with zero attached hydrogens (tertiary/aromatic N) is 2. The lowest BCUT2D eigenvalue weighted by Crippen LogP contribution is -2.40. The third-order valence-corrected chi connectivity index (χ3v) is 7.66. The molecule has 0 radical (unpaired) electrons. The molecule has 34 heavy (non-hydrogen) atoms. The Morgan fingerprint density at radius 1 is 1.12 bits per heavy atom. The summed E-state index contributed by atoms with van der Waals surface area (Å²) >= 11 is 0. The zero-order valence-corrected chi connectivity index (χ0v) is 19.9. The second kappa shape index (κ2) is 9.96. The average Bonchev–Trinajstić information content (AvgIpc) is 3.30. The number of hydrogen-bond acceptors (Lipinski definition) is 7. The number of anilines is 1. The van der Waals surface area contributed by atoms with E-state index in [4.69, 9.17) is 9.15 Å². The van der Waals surface area contributed by atoms with Crippen LogP contribution in [0.2, 0.25) is 0 Å². The third kappa shape index (κ3) is 5.30. The zero-order valence-electron chi connectivity index (χ0n) is 19.1. The van der Waals surface area contributed by atoms with Crippen molar-refractivity contribution in [3.8, 4) is 17.1 Å². The van der Waals surface area contributed by atoms with Gasteiger partial charge in [0.1, 0.15) is 5.75 Å². The van der Waals surface area contributed by atoms with Gasteiger partial charge in [-0.05, 0) is 49.2 Å². The minimum absolute atomic E-state index is 0.00626. The number of nitrogens with one attached hydrogen (secondary N) is 1. The van der Waals surface area contributed by atoms with Gasteiger partial charge in [-0.2, -0.15) is 4.31 Å². The van der Waals surface area contributed by atoms with Crippen LogP contribution in [0.1, 0.15) is 23.4 Å². The molecule has 0 spiro atoms. The number of phenols is 1. The molecule has 0 bridgehead atoms. The number of oxazole rings is 1. The number of carbonyl (C=O) groups is 1. The largest absolute Gasteiger partial charge is 0.506 e. The van der Waals surface area contributed by atoms with Crippen LogP contribution in [0.4, 0.5) is 5.69 Å². The summed E-state index contributed by atoms with van der Waals surface area (Å²) in [5.74, 6) is 0.415. The molecule has 0 atom stereocenters. The number of aromatic nitrogens is 1. The molecule has 1 aliphatic heterocycles. The van der Waals surface area contributed by atoms with Gasteiger partial charge in [-0.15, -0.1) is 0 Å². The fourth-order valence-corrected chi connectivity index (χ4v) is 5.03. The molecule has 10 heteroatoms. The van der Waals surface area contributed by atoms with Gasteiger partial charge in [0.15, 0.2) is 11.7 Å². The number of morpholine rings is 1. The minimum Gasteiger partial charge on any atom is -0.506 e. The number of sulfonamides is 1. The Labute approximate surface area is 198 Å². The maximum atomic E-state index is 12.9. The molecular weight excluding hydrogens is 458 g/mol. The Kier molecular flexibility index (Phi) is 7.01. The van der Waals surface area contributed by atoms with E-state index in [1.807, 2.05) is 32.0 Å². The molecule has 1 aromatic heterocycles. The molecule has 4 rings (SSSR count). The number of phenolic OH excluding ortho intramolecular Hbond substituents is 1. The van der Waals surface area contributed by atoms with E-state index in [2.05, 4.69) is 10.3 Å². The molecule has 1 fully saturated rings. The molecule has 2 heterocycles. The van der Waals surface area contributed by atoms with Crippen LogP contribution in [-0.4, -0.2) is 55.0 Å². The molecule has 180 valence electrons. The highest BCUT2D eigenvalue weighted by atomic mass is 32.2. The first-order valence-corrected chi connectivity index (χ1v) is 12.4. The number of aromatic hydroxyl groups is 1. The lowest BCUT2D eigenvalue weighted by molar-refractivity contribution is -0.116. The summed E-state index contributed by atoms with van der Waals surface area (Å²) in [6.07, 6.45) is 1.93. The van der Waals surface area contributed by atoms with E-state index < -0.39 is 15.9 Å². The SMILES string of the molecule is Cc1ccc(-c2cnc(CCC(=O)Nc3cc(S(=O)(=O)N4CCOCC4)ccc3O)o2)cc1C. The Morgan fingerprint density at radius 3 is 2.62 bits per heavy atom. The van der Waals surface area contributed by atoms with Gasteiger partial charge in [-0.3, -0.25) is 4.79 Å². The molecule has 1 saturated heterocycles. The topological polar surface area (TPSA) is 122 Å². The van der Waals surface area contributed by atoms with E-state index in [1.54, 1.807) is 6.20 Å². The molecule has 2 aromatic carbocycles. The van der Waals surface area contributed by atoms with E-state index in [0.717, 1.165) is 11.1 Å². The monoisotopic (exact) mass is 485 g/mol. The fraction of sp³-hybridized carbons (Fsp3) is 0.333. The van der Waals surface area contributed by atoms with Gasteiger partial charge in [-0.1, -0.05) is 12.1 Å². The maximum Gasteiger partial charge on any atom is 0.243 e. The van der Waals surface area contributed by atoms with E-state index >= 15 is 0 Å². The van der Waals surface area contributed by atoms with Crippen LogP contribution in [0.15, 0.2) is 51.9 Å². The highest BCUT2D eigenvalue weighted by Crippen LogP contribution is 2.29. The predicted octanol–water partition coefficient (Wildman–Crippen LogP) is 3.26. The average molecular weight is 486 g/mol. The van der Waals surface area contributed by atoms with Gasteiger partial charge in [0.2, 0.25) is 15.9 Å². The number of benzene rings is 2. The number of carbonyl (C=O) groups excluding carboxylic acids is 1. The first-order valence-electron chi connectivity index (χ1n) is 11.0. The standard InChI is InChI=1S/C24H27N3O6S/c1-16-3-4-18(13-17(16)2)22-15-25-24(33-22)8-7-23(29)26-20-14-19(5-6-21(20)28)34(30,31)27-9-11-32-12-10-27/h3-6,13-15,28H,7-12H2,1-2H3,(H,26,29). The Hall–Kier alpha value is -3.21. The fourth-order valence-electron chi connectivity index (χ4n) is 3.60. The molecular formula is C24H27N3O6S. The van der Waals surface area contributed by atoms with Crippen LogP contribution >= 0.6 is 0 Å². The van der Waals surface area contributed by atoms with Crippen molar-refractivity contribution in [3.63, 3.8) is 0 Å². The minimum atomic E-state index is -3.76. The van der Waals surface area contributed by atoms with Crippen molar-refractivity contribution in [2.45, 2.75) is 31.6 Å². The van der Waals surface area contributed by atoms with Crippen molar-refractivity contribution in [1.82, 2.24) is 9.29 Å². The Morgan fingerprint density at radius 2 is 1.88 bits per heavy atom. The van der Waals surface area contributed by atoms with Gasteiger partial charge >= 0.3 is 0 Å². The zero-order chi connectivity index (χ0) is 24.3. The van der Waals surface area contributed by atoms with Crippen molar-refractivity contribution < 1.29 is 27.5 Å². The number of hydrogen-bond donors (Lipinski definition) is 2. The van der Waals surface area contributed by atoms with Gasteiger partial charge in [0.25, 0.3) is 0 Å². The van der Waals surface area contributed by atoms with E-state index in [-0.39, 0.29) is 42.3 Å². The third-order valence-electron chi connectivity index (χ3n) is 5.76. The summed E-state index contributed by atoms with van der Waals surface area (Å²) in [4.78, 5) is 16.7. The molecule has 0 aliphatic carbocycles. The van der Waals surface area contributed by atoms with Crippen LogP contribution < -0.4 is 5.32 Å². The Balaban J connectivity index is 1.40. The van der Waals surface area contributed by atoms with Crippen molar-refractivity contribution in [1.29, 1.82) is 0 Å². The normalized spacial score (nSPS) is 14.8. The summed E-state index contributed by atoms with van der Waals surface area (Å²) in [5, 5.41) is 12.7. The van der Waals surface area contributed by atoms with Gasteiger partial charge < -0.3 is 19.6 Å². The molecule has 1 aliphatic rings. The predicted molar refractivity (Wildman–Crippen MR) is 126 cm³/mol. The number of aryl methyl sites for hydroxylation is 3. The molecule has 2 N–H and O–H groups in total. The molecule has 0 saturated carbocycles. The molecule has 1 amide bonds. The highest BCUT2D eigenvalue weighted by Gasteiger charge is 2.27. The van der Waals surface area contributed by atoms with Crippen molar-refractivity contribution in [3.05, 3.63) is 59.6 Å². The second-order valence-electron chi connectivity index (χ2n) is 8.16.